The third kappa shape index (κ3) is 3.48. The topological polar surface area (TPSA) is 55.1 Å². The van der Waals surface area contributed by atoms with Crippen LogP contribution in [-0.2, 0) is 10.3 Å². The summed E-state index contributed by atoms with van der Waals surface area (Å²) in [5.74, 6) is 0.0411. The van der Waals surface area contributed by atoms with Crippen LogP contribution in [0.15, 0.2) is 24.3 Å². The highest BCUT2D eigenvalue weighted by Gasteiger charge is 2.34. The van der Waals surface area contributed by atoms with Crippen molar-refractivity contribution in [2.75, 3.05) is 6.54 Å². The Morgan fingerprint density at radius 3 is 2.42 bits per heavy atom. The first-order valence-electron chi connectivity index (χ1n) is 6.93. The predicted octanol–water partition coefficient (Wildman–Crippen LogP) is 2.96. The van der Waals surface area contributed by atoms with Crippen LogP contribution in [-0.4, -0.2) is 12.5 Å². The zero-order valence-electron chi connectivity index (χ0n) is 11.1. The Labute approximate surface area is 119 Å². The van der Waals surface area contributed by atoms with Gasteiger partial charge in [0.15, 0.2) is 0 Å². The van der Waals surface area contributed by atoms with Gasteiger partial charge < -0.3 is 11.1 Å². The molecular formula is C15H21ClN2O. The molecule has 0 saturated heterocycles. The van der Waals surface area contributed by atoms with Crippen LogP contribution in [0.25, 0.3) is 0 Å². The molecule has 1 aliphatic rings. The molecule has 0 aromatic heterocycles. The maximum atomic E-state index is 11.9. The summed E-state index contributed by atoms with van der Waals surface area (Å²) in [5, 5.41) is 3.93. The van der Waals surface area contributed by atoms with Gasteiger partial charge in [0.05, 0.1) is 5.54 Å². The van der Waals surface area contributed by atoms with Gasteiger partial charge >= 0.3 is 0 Å². The second-order valence-corrected chi connectivity index (χ2v) is 5.67. The minimum absolute atomic E-state index is 0.0411. The molecule has 0 atom stereocenters. The third-order valence-corrected chi connectivity index (χ3v) is 4.11. The van der Waals surface area contributed by atoms with Crippen molar-refractivity contribution in [1.82, 2.24) is 5.32 Å². The molecule has 1 amide bonds. The quantitative estimate of drug-likeness (QED) is 0.891. The second-order valence-electron chi connectivity index (χ2n) is 5.24. The standard InChI is InChI=1S/C15H21ClN2O/c16-13-6-4-12(5-7-13)15(9-2-1-3-10-15)18-14(19)8-11-17/h4-7H,1-3,8-11,17H2,(H,18,19). The number of hydrogen-bond donors (Lipinski definition) is 2. The van der Waals surface area contributed by atoms with Gasteiger partial charge in [0.2, 0.25) is 5.91 Å². The minimum atomic E-state index is -0.227. The highest BCUT2D eigenvalue weighted by Crippen LogP contribution is 2.37. The van der Waals surface area contributed by atoms with Gasteiger partial charge in [0.25, 0.3) is 0 Å². The van der Waals surface area contributed by atoms with Crippen LogP contribution >= 0.6 is 11.6 Å². The lowest BCUT2D eigenvalue weighted by Gasteiger charge is -2.39. The summed E-state index contributed by atoms with van der Waals surface area (Å²) in [5.41, 5.74) is 6.39. The molecule has 0 aliphatic heterocycles. The lowest BCUT2D eigenvalue weighted by atomic mass is 9.76. The van der Waals surface area contributed by atoms with Crippen molar-refractivity contribution in [3.8, 4) is 0 Å². The highest BCUT2D eigenvalue weighted by molar-refractivity contribution is 6.30. The Bertz CT molecular complexity index is 424. The van der Waals surface area contributed by atoms with Gasteiger partial charge in [0.1, 0.15) is 0 Å². The van der Waals surface area contributed by atoms with Gasteiger partial charge in [0, 0.05) is 18.0 Å². The number of hydrogen-bond acceptors (Lipinski definition) is 2. The first-order chi connectivity index (χ1) is 9.16. The van der Waals surface area contributed by atoms with E-state index in [2.05, 4.69) is 5.32 Å². The van der Waals surface area contributed by atoms with Crippen molar-refractivity contribution in [3.63, 3.8) is 0 Å². The van der Waals surface area contributed by atoms with Crippen molar-refractivity contribution in [3.05, 3.63) is 34.9 Å². The summed E-state index contributed by atoms with van der Waals surface area (Å²) in [4.78, 5) is 11.9. The summed E-state index contributed by atoms with van der Waals surface area (Å²) in [6.45, 7) is 0.391. The monoisotopic (exact) mass is 280 g/mol. The number of rotatable bonds is 4. The van der Waals surface area contributed by atoms with Gasteiger partial charge in [-0.2, -0.15) is 0 Å². The van der Waals surface area contributed by atoms with Gasteiger partial charge in [-0.25, -0.2) is 0 Å². The molecular weight excluding hydrogens is 260 g/mol. The van der Waals surface area contributed by atoms with Crippen LogP contribution in [0.3, 0.4) is 0 Å². The number of benzene rings is 1. The Morgan fingerprint density at radius 1 is 1.21 bits per heavy atom. The van der Waals surface area contributed by atoms with Crippen molar-refractivity contribution >= 4 is 17.5 Å². The lowest BCUT2D eigenvalue weighted by Crippen LogP contribution is -2.47. The predicted molar refractivity (Wildman–Crippen MR) is 78.0 cm³/mol. The average molecular weight is 281 g/mol. The number of halogens is 1. The first kappa shape index (κ1) is 14.4. The average Bonchev–Trinajstić information content (AvgIpc) is 2.40. The number of nitrogens with two attached hydrogens (primary N) is 1. The fourth-order valence-corrected chi connectivity index (χ4v) is 3.00. The molecule has 1 saturated carbocycles. The van der Waals surface area contributed by atoms with Crippen LogP contribution in [0, 0.1) is 0 Å². The van der Waals surface area contributed by atoms with Crippen LogP contribution in [0.4, 0.5) is 0 Å². The van der Waals surface area contributed by atoms with E-state index in [1.54, 1.807) is 0 Å². The number of amides is 1. The van der Waals surface area contributed by atoms with Crippen molar-refractivity contribution < 1.29 is 4.79 Å². The van der Waals surface area contributed by atoms with Crippen molar-refractivity contribution in [2.24, 2.45) is 5.73 Å². The Hall–Kier alpha value is -1.06. The normalized spacial score (nSPS) is 18.0. The molecule has 2 rings (SSSR count). The Kier molecular flexibility index (Phi) is 4.83. The van der Waals surface area contributed by atoms with E-state index in [4.69, 9.17) is 17.3 Å². The molecule has 3 N–H and O–H groups in total. The fraction of sp³-hybridized carbons (Fsp3) is 0.533. The summed E-state index contributed by atoms with van der Waals surface area (Å²) in [6.07, 6.45) is 5.89. The lowest BCUT2D eigenvalue weighted by molar-refractivity contribution is -0.123. The first-order valence-corrected chi connectivity index (χ1v) is 7.31. The van der Waals surface area contributed by atoms with E-state index >= 15 is 0 Å². The fourth-order valence-electron chi connectivity index (χ4n) is 2.87. The molecule has 19 heavy (non-hydrogen) atoms. The van der Waals surface area contributed by atoms with Crippen LogP contribution in [0.5, 0.6) is 0 Å². The summed E-state index contributed by atoms with van der Waals surface area (Å²) in [7, 11) is 0. The molecule has 3 nitrogen and oxygen atoms in total. The van der Waals surface area contributed by atoms with Gasteiger partial charge in [-0.05, 0) is 30.5 Å². The second kappa shape index (κ2) is 6.40. The largest absolute Gasteiger partial charge is 0.347 e. The third-order valence-electron chi connectivity index (χ3n) is 3.85. The van der Waals surface area contributed by atoms with Crippen LogP contribution in [0.2, 0.25) is 5.02 Å². The molecule has 0 spiro atoms. The molecule has 0 bridgehead atoms. The molecule has 0 heterocycles. The highest BCUT2D eigenvalue weighted by atomic mass is 35.5. The molecule has 104 valence electrons. The van der Waals surface area contributed by atoms with Gasteiger partial charge in [-0.1, -0.05) is 43.0 Å². The van der Waals surface area contributed by atoms with E-state index in [1.165, 1.54) is 6.42 Å². The van der Waals surface area contributed by atoms with Crippen LogP contribution in [0.1, 0.15) is 44.1 Å². The number of carbonyl (C=O) groups excluding carboxylic acids is 1. The van der Waals surface area contributed by atoms with Gasteiger partial charge in [-0.15, -0.1) is 0 Å². The van der Waals surface area contributed by atoms with Crippen LogP contribution < -0.4 is 11.1 Å². The smallest absolute Gasteiger partial charge is 0.221 e. The Morgan fingerprint density at radius 2 is 1.84 bits per heavy atom. The molecule has 1 fully saturated rings. The molecule has 4 heteroatoms. The van der Waals surface area contributed by atoms with E-state index in [9.17, 15) is 4.79 Å². The summed E-state index contributed by atoms with van der Waals surface area (Å²) >= 11 is 5.95. The molecule has 1 aromatic rings. The zero-order valence-corrected chi connectivity index (χ0v) is 11.9. The number of nitrogens with one attached hydrogen (secondary N) is 1. The van der Waals surface area contributed by atoms with E-state index in [0.29, 0.717) is 13.0 Å². The molecule has 0 radical (unpaired) electrons. The van der Waals surface area contributed by atoms with E-state index in [-0.39, 0.29) is 11.4 Å². The molecule has 1 aromatic carbocycles. The van der Waals surface area contributed by atoms with Gasteiger partial charge in [-0.3, -0.25) is 4.79 Å². The van der Waals surface area contributed by atoms with E-state index < -0.39 is 0 Å². The van der Waals surface area contributed by atoms with E-state index in [1.807, 2.05) is 24.3 Å². The number of carbonyl (C=O) groups is 1. The summed E-state index contributed by atoms with van der Waals surface area (Å²) < 4.78 is 0. The maximum Gasteiger partial charge on any atom is 0.221 e. The minimum Gasteiger partial charge on any atom is -0.347 e. The molecule has 0 unspecified atom stereocenters. The summed E-state index contributed by atoms with van der Waals surface area (Å²) in [6, 6.07) is 7.83. The zero-order chi connectivity index (χ0) is 13.7. The Balaban J connectivity index is 2.23. The molecule has 1 aliphatic carbocycles. The van der Waals surface area contributed by atoms with Crippen molar-refractivity contribution in [1.29, 1.82) is 0 Å². The van der Waals surface area contributed by atoms with Crippen molar-refractivity contribution in [2.45, 2.75) is 44.1 Å². The SMILES string of the molecule is NCCC(=O)NC1(c2ccc(Cl)cc2)CCCCC1. The van der Waals surface area contributed by atoms with E-state index in [0.717, 1.165) is 36.3 Å². The maximum absolute atomic E-state index is 11.9.